The van der Waals surface area contributed by atoms with Crippen molar-refractivity contribution >= 4 is 11.4 Å². The number of nitro groups is 1. The molecule has 1 unspecified atom stereocenters. The van der Waals surface area contributed by atoms with Crippen molar-refractivity contribution < 1.29 is 9.66 Å². The number of hydrogen-bond donors (Lipinski definition) is 1. The molecule has 0 fully saturated rings. The van der Waals surface area contributed by atoms with Crippen LogP contribution in [0.3, 0.4) is 0 Å². The third-order valence-corrected chi connectivity index (χ3v) is 3.02. The summed E-state index contributed by atoms with van der Waals surface area (Å²) in [5.74, 6) is 0.338. The van der Waals surface area contributed by atoms with E-state index in [0.717, 1.165) is 24.9 Å². The number of hydrogen-bond acceptors (Lipinski definition) is 4. The number of rotatable bonds is 9. The minimum Gasteiger partial charge on any atom is -0.487 e. The monoisotopic (exact) mass is 280 g/mol. The first-order chi connectivity index (χ1) is 9.58. The molecule has 0 aliphatic rings. The maximum Gasteiger partial charge on any atom is 0.311 e. The average molecular weight is 280 g/mol. The van der Waals surface area contributed by atoms with Gasteiger partial charge < -0.3 is 10.1 Å². The van der Waals surface area contributed by atoms with Crippen molar-refractivity contribution in [3.05, 3.63) is 28.3 Å². The van der Waals surface area contributed by atoms with E-state index in [2.05, 4.69) is 19.2 Å². The molecule has 1 atom stereocenters. The zero-order valence-electron chi connectivity index (χ0n) is 12.5. The predicted molar refractivity (Wildman–Crippen MR) is 81.5 cm³/mol. The van der Waals surface area contributed by atoms with Crippen molar-refractivity contribution in [3.63, 3.8) is 0 Å². The topological polar surface area (TPSA) is 64.4 Å². The second kappa shape index (κ2) is 8.40. The number of nitrogens with zero attached hydrogens (tertiary/aromatic N) is 1. The number of benzene rings is 1. The second-order valence-electron chi connectivity index (χ2n) is 4.98. The van der Waals surface area contributed by atoms with Crippen molar-refractivity contribution in [2.45, 2.75) is 52.5 Å². The highest BCUT2D eigenvalue weighted by atomic mass is 16.6. The van der Waals surface area contributed by atoms with E-state index in [1.165, 1.54) is 12.5 Å². The SMILES string of the molecule is CCCCC(C)Nc1ccc([N+](=O)[O-])c(OCCC)c1. The summed E-state index contributed by atoms with van der Waals surface area (Å²) in [5.41, 5.74) is 0.885. The smallest absolute Gasteiger partial charge is 0.311 e. The first-order valence-corrected chi connectivity index (χ1v) is 7.26. The molecule has 0 spiro atoms. The van der Waals surface area contributed by atoms with Gasteiger partial charge in [-0.25, -0.2) is 0 Å². The van der Waals surface area contributed by atoms with E-state index in [9.17, 15) is 10.1 Å². The molecule has 0 amide bonds. The minimum absolute atomic E-state index is 0.0187. The van der Waals surface area contributed by atoms with Crippen molar-refractivity contribution in [2.75, 3.05) is 11.9 Å². The maximum atomic E-state index is 11.0. The van der Waals surface area contributed by atoms with Crippen LogP contribution in [0.5, 0.6) is 5.75 Å². The van der Waals surface area contributed by atoms with Crippen LogP contribution in [-0.2, 0) is 0 Å². The van der Waals surface area contributed by atoms with Gasteiger partial charge in [0, 0.05) is 23.9 Å². The summed E-state index contributed by atoms with van der Waals surface area (Å²) < 4.78 is 5.47. The molecule has 0 saturated heterocycles. The summed E-state index contributed by atoms with van der Waals surface area (Å²) in [6.45, 7) is 6.73. The van der Waals surface area contributed by atoms with Crippen LogP contribution < -0.4 is 10.1 Å². The molecule has 5 heteroatoms. The lowest BCUT2D eigenvalue weighted by Gasteiger charge is -2.15. The molecule has 0 aromatic heterocycles. The van der Waals surface area contributed by atoms with Crippen molar-refractivity contribution in [3.8, 4) is 5.75 Å². The number of nitrogens with one attached hydrogen (secondary N) is 1. The number of anilines is 1. The third-order valence-electron chi connectivity index (χ3n) is 3.02. The molecule has 5 nitrogen and oxygen atoms in total. The highest BCUT2D eigenvalue weighted by molar-refractivity contribution is 5.58. The van der Waals surface area contributed by atoms with E-state index in [0.29, 0.717) is 18.4 Å². The van der Waals surface area contributed by atoms with Crippen LogP contribution in [0.25, 0.3) is 0 Å². The van der Waals surface area contributed by atoms with Crippen LogP contribution in [0.2, 0.25) is 0 Å². The van der Waals surface area contributed by atoms with Gasteiger partial charge in [-0.15, -0.1) is 0 Å². The molecule has 0 heterocycles. The molecule has 0 radical (unpaired) electrons. The Morgan fingerprint density at radius 2 is 2.10 bits per heavy atom. The molecule has 1 aromatic carbocycles. The highest BCUT2D eigenvalue weighted by Crippen LogP contribution is 2.30. The summed E-state index contributed by atoms with van der Waals surface area (Å²) in [6.07, 6.45) is 4.23. The van der Waals surface area contributed by atoms with E-state index in [1.807, 2.05) is 6.92 Å². The van der Waals surface area contributed by atoms with E-state index in [1.54, 1.807) is 12.1 Å². The van der Waals surface area contributed by atoms with Gasteiger partial charge in [-0.05, 0) is 25.8 Å². The maximum absolute atomic E-state index is 11.0. The fourth-order valence-corrected chi connectivity index (χ4v) is 1.95. The molecule has 0 aliphatic heterocycles. The molecule has 112 valence electrons. The Balaban J connectivity index is 2.80. The van der Waals surface area contributed by atoms with Crippen molar-refractivity contribution in [1.82, 2.24) is 0 Å². The normalized spacial score (nSPS) is 11.9. The number of ether oxygens (including phenoxy) is 1. The Hall–Kier alpha value is -1.78. The quantitative estimate of drug-likeness (QED) is 0.538. The lowest BCUT2D eigenvalue weighted by atomic mass is 10.1. The molecule has 0 saturated carbocycles. The predicted octanol–water partition coefficient (Wildman–Crippen LogP) is 4.37. The van der Waals surface area contributed by atoms with Crippen molar-refractivity contribution in [1.29, 1.82) is 0 Å². The largest absolute Gasteiger partial charge is 0.487 e. The van der Waals surface area contributed by atoms with Gasteiger partial charge in [0.05, 0.1) is 11.5 Å². The van der Waals surface area contributed by atoms with Gasteiger partial charge in [0.25, 0.3) is 0 Å². The van der Waals surface area contributed by atoms with Crippen LogP contribution in [0, 0.1) is 10.1 Å². The minimum atomic E-state index is -0.407. The van der Waals surface area contributed by atoms with Crippen LogP contribution in [0.15, 0.2) is 18.2 Å². The second-order valence-corrected chi connectivity index (χ2v) is 4.98. The van der Waals surface area contributed by atoms with Gasteiger partial charge in [0.2, 0.25) is 0 Å². The first kappa shape index (κ1) is 16.3. The standard InChI is InChI=1S/C15H24N2O3/c1-4-6-7-12(3)16-13-8-9-14(17(18)19)15(11-13)20-10-5-2/h8-9,11-12,16H,4-7,10H2,1-3H3. The van der Waals surface area contributed by atoms with Crippen molar-refractivity contribution in [2.24, 2.45) is 0 Å². The van der Waals surface area contributed by atoms with Crippen LogP contribution in [-0.4, -0.2) is 17.6 Å². The lowest BCUT2D eigenvalue weighted by molar-refractivity contribution is -0.385. The van der Waals surface area contributed by atoms with Gasteiger partial charge in [-0.3, -0.25) is 10.1 Å². The van der Waals surface area contributed by atoms with E-state index in [-0.39, 0.29) is 5.69 Å². The molecule has 20 heavy (non-hydrogen) atoms. The molecule has 1 aromatic rings. The third kappa shape index (κ3) is 5.07. The Bertz CT molecular complexity index is 435. The van der Waals surface area contributed by atoms with E-state index >= 15 is 0 Å². The van der Waals surface area contributed by atoms with Gasteiger partial charge in [0.15, 0.2) is 5.75 Å². The Labute approximate surface area is 120 Å². The van der Waals surface area contributed by atoms with Crippen LogP contribution in [0.1, 0.15) is 46.5 Å². The molecule has 0 bridgehead atoms. The fraction of sp³-hybridized carbons (Fsp3) is 0.600. The zero-order chi connectivity index (χ0) is 15.0. The van der Waals surface area contributed by atoms with Gasteiger partial charge in [-0.1, -0.05) is 26.7 Å². The molecule has 1 N–H and O–H groups in total. The zero-order valence-corrected chi connectivity index (χ0v) is 12.5. The molecular formula is C15H24N2O3. The van der Waals surface area contributed by atoms with Gasteiger partial charge in [0.1, 0.15) is 0 Å². The number of unbranched alkanes of at least 4 members (excludes halogenated alkanes) is 1. The Kier molecular flexibility index (Phi) is 6.84. The Morgan fingerprint density at radius 3 is 2.70 bits per heavy atom. The van der Waals surface area contributed by atoms with Crippen LogP contribution >= 0.6 is 0 Å². The van der Waals surface area contributed by atoms with E-state index in [4.69, 9.17) is 4.74 Å². The molecule has 0 aliphatic carbocycles. The highest BCUT2D eigenvalue weighted by Gasteiger charge is 2.16. The van der Waals surface area contributed by atoms with Gasteiger partial charge in [-0.2, -0.15) is 0 Å². The molecule has 1 rings (SSSR count). The summed E-state index contributed by atoms with van der Waals surface area (Å²) in [5, 5.41) is 14.3. The number of nitro benzene ring substituents is 1. The summed E-state index contributed by atoms with van der Waals surface area (Å²) in [6, 6.07) is 5.30. The fourth-order valence-electron chi connectivity index (χ4n) is 1.95. The first-order valence-electron chi connectivity index (χ1n) is 7.26. The summed E-state index contributed by atoms with van der Waals surface area (Å²) in [4.78, 5) is 10.6. The summed E-state index contributed by atoms with van der Waals surface area (Å²) in [7, 11) is 0. The molecular weight excluding hydrogens is 256 g/mol. The van der Waals surface area contributed by atoms with Gasteiger partial charge >= 0.3 is 5.69 Å². The average Bonchev–Trinajstić information content (AvgIpc) is 2.42. The lowest BCUT2D eigenvalue weighted by Crippen LogP contribution is -2.14. The van der Waals surface area contributed by atoms with Crippen LogP contribution in [0.4, 0.5) is 11.4 Å². The summed E-state index contributed by atoms with van der Waals surface area (Å²) >= 11 is 0. The van der Waals surface area contributed by atoms with E-state index < -0.39 is 4.92 Å². The Morgan fingerprint density at radius 1 is 1.35 bits per heavy atom.